The van der Waals surface area contributed by atoms with Gasteiger partial charge in [0.2, 0.25) is 0 Å². The SMILES string of the molecule is CC(Cl)COP(OCC(C)Cl)OC(C(C)C)P(=O)(OCC(C)Cl)OCC(C)Cl. The Bertz CT molecular complexity index is 427. The molecular formula is C16H32Cl4O6P2. The number of hydrogen-bond acceptors (Lipinski definition) is 6. The lowest BCUT2D eigenvalue weighted by atomic mass is 10.2. The summed E-state index contributed by atoms with van der Waals surface area (Å²) in [6.07, 6.45) is 0. The molecule has 0 aromatic rings. The zero-order chi connectivity index (χ0) is 21.9. The molecule has 170 valence electrons. The normalized spacial score (nSPS) is 21.0. The van der Waals surface area contributed by atoms with Crippen molar-refractivity contribution in [3.63, 3.8) is 0 Å². The van der Waals surface area contributed by atoms with Crippen molar-refractivity contribution in [3.05, 3.63) is 0 Å². The molecule has 0 spiro atoms. The van der Waals surface area contributed by atoms with Gasteiger partial charge in [0.05, 0.1) is 47.9 Å². The zero-order valence-corrected chi connectivity index (χ0v) is 22.0. The van der Waals surface area contributed by atoms with Crippen molar-refractivity contribution in [1.29, 1.82) is 0 Å². The largest absolute Gasteiger partial charge is 0.360 e. The quantitative estimate of drug-likeness (QED) is 0.160. The highest BCUT2D eigenvalue weighted by Gasteiger charge is 2.42. The monoisotopic (exact) mass is 522 g/mol. The molecule has 0 radical (unpaired) electrons. The van der Waals surface area contributed by atoms with E-state index in [1.165, 1.54) is 0 Å². The molecule has 28 heavy (non-hydrogen) atoms. The van der Waals surface area contributed by atoms with Gasteiger partial charge in [-0.2, -0.15) is 0 Å². The summed E-state index contributed by atoms with van der Waals surface area (Å²) in [4.78, 5) is 0. The van der Waals surface area contributed by atoms with E-state index in [9.17, 15) is 4.57 Å². The molecule has 5 atom stereocenters. The van der Waals surface area contributed by atoms with Crippen molar-refractivity contribution in [3.8, 4) is 0 Å². The van der Waals surface area contributed by atoms with Gasteiger partial charge in [0.25, 0.3) is 0 Å². The number of halogens is 4. The lowest BCUT2D eigenvalue weighted by molar-refractivity contribution is 0.0965. The van der Waals surface area contributed by atoms with E-state index in [0.29, 0.717) is 0 Å². The number of rotatable bonds is 16. The third-order valence-corrected chi connectivity index (χ3v) is 7.00. The fraction of sp³-hybridized carbons (Fsp3) is 1.00. The van der Waals surface area contributed by atoms with E-state index in [1.807, 2.05) is 13.8 Å². The molecule has 0 heterocycles. The molecule has 0 aromatic carbocycles. The summed E-state index contributed by atoms with van der Waals surface area (Å²) >= 11 is 23.8. The lowest BCUT2D eigenvalue weighted by Crippen LogP contribution is -2.25. The molecule has 0 amide bonds. The van der Waals surface area contributed by atoms with Gasteiger partial charge in [-0.15, -0.1) is 46.4 Å². The second kappa shape index (κ2) is 15.4. The van der Waals surface area contributed by atoms with Crippen molar-refractivity contribution in [2.45, 2.75) is 68.9 Å². The third kappa shape index (κ3) is 13.8. The van der Waals surface area contributed by atoms with Gasteiger partial charge < -0.3 is 18.1 Å². The maximum Gasteiger partial charge on any atom is 0.360 e. The summed E-state index contributed by atoms with van der Waals surface area (Å²) in [5, 5.41) is -1.23. The molecule has 0 saturated carbocycles. The number of alkyl halides is 4. The molecule has 0 aliphatic heterocycles. The second-order valence-corrected chi connectivity index (χ2v) is 13.1. The van der Waals surface area contributed by atoms with Crippen LogP contribution in [0.4, 0.5) is 0 Å². The molecule has 0 saturated heterocycles. The average molecular weight is 524 g/mol. The van der Waals surface area contributed by atoms with Crippen molar-refractivity contribution >= 4 is 62.6 Å². The van der Waals surface area contributed by atoms with Gasteiger partial charge in [0.15, 0.2) is 5.85 Å². The van der Waals surface area contributed by atoms with Gasteiger partial charge in [-0.1, -0.05) is 13.8 Å². The van der Waals surface area contributed by atoms with Gasteiger partial charge in [0.1, 0.15) is 0 Å². The Morgan fingerprint density at radius 1 is 0.714 bits per heavy atom. The molecule has 0 aromatic heterocycles. The molecular weight excluding hydrogens is 492 g/mol. The summed E-state index contributed by atoms with van der Waals surface area (Å²) in [6.45, 7) is 11.1. The lowest BCUT2D eigenvalue weighted by Gasteiger charge is -2.32. The minimum Gasteiger partial charge on any atom is -0.311 e. The van der Waals surface area contributed by atoms with Crippen LogP contribution in [0.15, 0.2) is 0 Å². The molecule has 0 aliphatic rings. The fourth-order valence-electron chi connectivity index (χ4n) is 1.66. The minimum atomic E-state index is -3.74. The van der Waals surface area contributed by atoms with E-state index < -0.39 is 22.0 Å². The van der Waals surface area contributed by atoms with Gasteiger partial charge >= 0.3 is 16.2 Å². The van der Waals surface area contributed by atoms with E-state index in [4.69, 9.17) is 69.0 Å². The van der Waals surface area contributed by atoms with Crippen molar-refractivity contribution < 1.29 is 27.2 Å². The van der Waals surface area contributed by atoms with Crippen LogP contribution >= 0.6 is 62.6 Å². The Hall–Kier alpha value is 1.62. The maximum atomic E-state index is 13.5. The first-order valence-electron chi connectivity index (χ1n) is 9.05. The van der Waals surface area contributed by atoms with Crippen LogP contribution in [0.1, 0.15) is 41.5 Å². The summed E-state index contributed by atoms with van der Waals surface area (Å²) in [6, 6.07) is 0. The first-order chi connectivity index (χ1) is 12.9. The van der Waals surface area contributed by atoms with Crippen LogP contribution in [0.3, 0.4) is 0 Å². The van der Waals surface area contributed by atoms with Gasteiger partial charge in [0, 0.05) is 0 Å². The Balaban J connectivity index is 5.45. The smallest absolute Gasteiger partial charge is 0.311 e. The molecule has 0 rings (SSSR count). The fourth-order valence-corrected chi connectivity index (χ4v) is 6.22. The molecule has 12 heteroatoms. The molecule has 6 nitrogen and oxygen atoms in total. The van der Waals surface area contributed by atoms with Gasteiger partial charge in [-0.05, 0) is 33.6 Å². The predicted molar refractivity (Wildman–Crippen MR) is 119 cm³/mol. The Labute approximate surface area is 190 Å². The summed E-state index contributed by atoms with van der Waals surface area (Å²) < 4.78 is 41.9. The Morgan fingerprint density at radius 3 is 1.36 bits per heavy atom. The van der Waals surface area contributed by atoms with Crippen molar-refractivity contribution in [2.24, 2.45) is 5.92 Å². The van der Waals surface area contributed by atoms with Gasteiger partial charge in [-0.3, -0.25) is 9.09 Å². The van der Waals surface area contributed by atoms with Crippen LogP contribution in [0.5, 0.6) is 0 Å². The van der Waals surface area contributed by atoms with E-state index >= 15 is 0 Å². The zero-order valence-electron chi connectivity index (χ0n) is 17.1. The van der Waals surface area contributed by atoms with Crippen molar-refractivity contribution in [1.82, 2.24) is 0 Å². The first kappa shape index (κ1) is 29.6. The standard InChI is InChI=1S/C16H32Cl4O6P2/c1-11(2)16(26-27(22-7-12(3)17)23-8-13(4)18)28(21,24-9-14(5)19)25-10-15(6)20/h11-16H,7-10H2,1-6H3. The van der Waals surface area contributed by atoms with E-state index in [0.717, 1.165) is 0 Å². The van der Waals surface area contributed by atoms with E-state index in [2.05, 4.69) is 0 Å². The third-order valence-electron chi connectivity index (χ3n) is 2.86. The predicted octanol–water partition coefficient (Wildman–Crippen LogP) is 6.98. The van der Waals surface area contributed by atoms with E-state index in [-0.39, 0.29) is 53.9 Å². The Morgan fingerprint density at radius 2 is 1.07 bits per heavy atom. The second-order valence-electron chi connectivity index (χ2n) is 6.81. The molecule has 0 N–H and O–H groups in total. The van der Waals surface area contributed by atoms with Crippen LogP contribution in [-0.2, 0) is 27.2 Å². The van der Waals surface area contributed by atoms with Gasteiger partial charge in [-0.25, -0.2) is 0 Å². The topological polar surface area (TPSA) is 63.2 Å². The highest BCUT2D eigenvalue weighted by atomic mass is 35.5. The maximum absolute atomic E-state index is 13.5. The van der Waals surface area contributed by atoms with E-state index in [1.54, 1.807) is 27.7 Å². The summed E-state index contributed by atoms with van der Waals surface area (Å²) in [5.41, 5.74) is 0. The van der Waals surface area contributed by atoms with Crippen LogP contribution in [-0.4, -0.2) is 53.8 Å². The first-order valence-corrected chi connectivity index (χ1v) is 13.5. The van der Waals surface area contributed by atoms with Crippen molar-refractivity contribution in [2.75, 3.05) is 26.4 Å². The average Bonchev–Trinajstić information content (AvgIpc) is 2.56. The molecule has 0 aliphatic carbocycles. The Kier molecular flexibility index (Phi) is 16.3. The van der Waals surface area contributed by atoms with Crippen LogP contribution in [0, 0.1) is 5.92 Å². The molecule has 0 bridgehead atoms. The highest BCUT2D eigenvalue weighted by Crippen LogP contribution is 2.60. The molecule has 5 unspecified atom stereocenters. The number of hydrogen-bond donors (Lipinski definition) is 0. The van der Waals surface area contributed by atoms with Crippen LogP contribution in [0.2, 0.25) is 0 Å². The minimum absolute atomic E-state index is 0.0269. The van der Waals surface area contributed by atoms with Crippen LogP contribution in [0.25, 0.3) is 0 Å². The highest BCUT2D eigenvalue weighted by molar-refractivity contribution is 7.55. The molecule has 0 fully saturated rings. The van der Waals surface area contributed by atoms with Crippen LogP contribution < -0.4 is 0 Å². The summed E-state index contributed by atoms with van der Waals surface area (Å²) in [5.74, 6) is -1.18. The summed E-state index contributed by atoms with van der Waals surface area (Å²) in [7, 11) is -5.62.